The zero-order valence-electron chi connectivity index (χ0n) is 16.9. The average Bonchev–Trinajstić information content (AvgIpc) is 2.64. The third kappa shape index (κ3) is 7.91. The van der Waals surface area contributed by atoms with E-state index < -0.39 is 0 Å². The Balaban J connectivity index is 0.00000364. The Kier molecular flexibility index (Phi) is 11.2. The van der Waals surface area contributed by atoms with Gasteiger partial charge >= 0.3 is 0 Å². The number of halogens is 2. The maximum absolute atomic E-state index is 13.6. The lowest BCUT2D eigenvalue weighted by molar-refractivity contribution is 0.0625. The molecule has 1 fully saturated rings. The average molecular weight is 492 g/mol. The fourth-order valence-electron chi connectivity index (χ4n) is 3.40. The van der Waals surface area contributed by atoms with Crippen LogP contribution in [0.25, 0.3) is 0 Å². The van der Waals surface area contributed by atoms with Gasteiger partial charge in [-0.25, -0.2) is 4.39 Å². The Labute approximate surface area is 180 Å². The van der Waals surface area contributed by atoms with Gasteiger partial charge in [0.15, 0.2) is 5.96 Å². The van der Waals surface area contributed by atoms with Crippen molar-refractivity contribution >= 4 is 29.9 Å². The Morgan fingerprint density at radius 2 is 2.00 bits per heavy atom. The lowest BCUT2D eigenvalue weighted by Crippen LogP contribution is -2.43. The van der Waals surface area contributed by atoms with Gasteiger partial charge in [0, 0.05) is 40.4 Å². The quantitative estimate of drug-likeness (QED) is 0.360. The molecule has 0 spiro atoms. The summed E-state index contributed by atoms with van der Waals surface area (Å²) in [6.07, 6.45) is 3.46. The Morgan fingerprint density at radius 1 is 1.30 bits per heavy atom. The van der Waals surface area contributed by atoms with E-state index in [4.69, 9.17) is 4.74 Å². The van der Waals surface area contributed by atoms with Gasteiger partial charge in [0.1, 0.15) is 5.82 Å². The molecule has 1 heterocycles. The lowest BCUT2D eigenvalue weighted by atomic mass is 9.96. The standard InChI is InChI=1S/C20H33FN4O.HI/c1-22-20(25(4)11-8-16-9-12-26-13-10-16)23-15-19(24(2)3)17-6-5-7-18(21)14-17;/h5-7,14,16,19H,8-13,15H2,1-4H3,(H,22,23);1H. The van der Waals surface area contributed by atoms with Crippen LogP contribution in [-0.2, 0) is 4.74 Å². The van der Waals surface area contributed by atoms with Crippen molar-refractivity contribution in [3.05, 3.63) is 35.6 Å². The number of hydrogen-bond acceptors (Lipinski definition) is 3. The van der Waals surface area contributed by atoms with Crippen LogP contribution >= 0.6 is 24.0 Å². The number of rotatable bonds is 7. The van der Waals surface area contributed by atoms with E-state index in [1.54, 1.807) is 19.2 Å². The van der Waals surface area contributed by atoms with E-state index >= 15 is 0 Å². The van der Waals surface area contributed by atoms with E-state index in [0.29, 0.717) is 6.54 Å². The molecule has 0 amide bonds. The number of nitrogens with zero attached hydrogens (tertiary/aromatic N) is 3. The van der Waals surface area contributed by atoms with Gasteiger partial charge in [-0.3, -0.25) is 4.99 Å². The summed E-state index contributed by atoms with van der Waals surface area (Å²) in [7, 11) is 7.89. The monoisotopic (exact) mass is 492 g/mol. The number of benzene rings is 1. The summed E-state index contributed by atoms with van der Waals surface area (Å²) in [5, 5.41) is 3.44. The van der Waals surface area contributed by atoms with Crippen LogP contribution < -0.4 is 5.32 Å². The second kappa shape index (κ2) is 12.5. The number of hydrogen-bond donors (Lipinski definition) is 1. The zero-order chi connectivity index (χ0) is 18.9. The highest BCUT2D eigenvalue weighted by Gasteiger charge is 2.18. The van der Waals surface area contributed by atoms with Crippen molar-refractivity contribution in [2.45, 2.75) is 25.3 Å². The summed E-state index contributed by atoms with van der Waals surface area (Å²) in [5.74, 6) is 1.42. The molecule has 0 radical (unpaired) electrons. The smallest absolute Gasteiger partial charge is 0.193 e. The molecule has 1 aromatic carbocycles. The molecule has 0 aromatic heterocycles. The fraction of sp³-hybridized carbons (Fsp3) is 0.650. The molecular weight excluding hydrogens is 458 g/mol. The minimum Gasteiger partial charge on any atom is -0.381 e. The van der Waals surface area contributed by atoms with Gasteiger partial charge in [0.25, 0.3) is 0 Å². The molecule has 1 aliphatic heterocycles. The van der Waals surface area contributed by atoms with Gasteiger partial charge in [-0.2, -0.15) is 0 Å². The maximum Gasteiger partial charge on any atom is 0.193 e. The first-order chi connectivity index (χ1) is 12.5. The van der Waals surface area contributed by atoms with Crippen LogP contribution in [0.1, 0.15) is 30.9 Å². The first-order valence-corrected chi connectivity index (χ1v) is 9.42. The number of aliphatic imine (C=N–C) groups is 1. The zero-order valence-corrected chi connectivity index (χ0v) is 19.3. The summed E-state index contributed by atoms with van der Waals surface area (Å²) >= 11 is 0. The molecule has 0 bridgehead atoms. The molecule has 154 valence electrons. The third-order valence-electron chi connectivity index (χ3n) is 5.10. The van der Waals surface area contributed by atoms with E-state index in [-0.39, 0.29) is 35.8 Å². The predicted molar refractivity (Wildman–Crippen MR) is 120 cm³/mol. The summed E-state index contributed by atoms with van der Waals surface area (Å²) < 4.78 is 19.0. The van der Waals surface area contributed by atoms with Crippen molar-refractivity contribution in [3.8, 4) is 0 Å². The van der Waals surface area contributed by atoms with E-state index in [2.05, 4.69) is 27.2 Å². The molecule has 0 aliphatic carbocycles. The van der Waals surface area contributed by atoms with Crippen molar-refractivity contribution in [2.75, 3.05) is 54.5 Å². The first-order valence-electron chi connectivity index (χ1n) is 9.42. The van der Waals surface area contributed by atoms with Crippen LogP contribution in [0.3, 0.4) is 0 Å². The van der Waals surface area contributed by atoms with E-state index in [1.807, 2.05) is 20.2 Å². The molecule has 27 heavy (non-hydrogen) atoms. The molecule has 1 N–H and O–H groups in total. The fourth-order valence-corrected chi connectivity index (χ4v) is 3.40. The van der Waals surface area contributed by atoms with Crippen LogP contribution in [0.4, 0.5) is 4.39 Å². The van der Waals surface area contributed by atoms with Crippen molar-refractivity contribution in [1.29, 1.82) is 0 Å². The van der Waals surface area contributed by atoms with Gasteiger partial charge in [0.2, 0.25) is 0 Å². The van der Waals surface area contributed by atoms with Crippen molar-refractivity contribution in [1.82, 2.24) is 15.1 Å². The van der Waals surface area contributed by atoms with Crippen LogP contribution in [0.2, 0.25) is 0 Å². The molecule has 1 unspecified atom stereocenters. The van der Waals surface area contributed by atoms with Crippen LogP contribution in [-0.4, -0.2) is 70.3 Å². The third-order valence-corrected chi connectivity index (χ3v) is 5.10. The second-order valence-corrected chi connectivity index (χ2v) is 7.23. The number of likely N-dealkylation sites (N-methyl/N-ethyl adjacent to an activating group) is 1. The highest BCUT2D eigenvalue weighted by atomic mass is 127. The van der Waals surface area contributed by atoms with Crippen molar-refractivity contribution in [2.24, 2.45) is 10.9 Å². The minimum absolute atomic E-state index is 0. The van der Waals surface area contributed by atoms with Crippen molar-refractivity contribution < 1.29 is 9.13 Å². The summed E-state index contributed by atoms with van der Waals surface area (Å²) in [5.41, 5.74) is 0.961. The van der Waals surface area contributed by atoms with Gasteiger partial charge < -0.3 is 19.9 Å². The molecule has 1 saturated heterocycles. The summed E-state index contributed by atoms with van der Waals surface area (Å²) in [6.45, 7) is 3.42. The van der Waals surface area contributed by atoms with Crippen LogP contribution in [0, 0.1) is 11.7 Å². The highest BCUT2D eigenvalue weighted by molar-refractivity contribution is 14.0. The summed E-state index contributed by atoms with van der Waals surface area (Å²) in [4.78, 5) is 8.68. The van der Waals surface area contributed by atoms with Gasteiger partial charge in [-0.15, -0.1) is 24.0 Å². The predicted octanol–water partition coefficient (Wildman–Crippen LogP) is 3.37. The SMILES string of the molecule is CN=C(NCC(c1cccc(F)c1)N(C)C)N(C)CCC1CCOCC1.I. The first kappa shape index (κ1) is 24.1. The molecule has 1 aliphatic rings. The Morgan fingerprint density at radius 3 is 2.59 bits per heavy atom. The number of guanidine groups is 1. The normalized spacial score (nSPS) is 16.7. The van der Waals surface area contributed by atoms with Gasteiger partial charge in [0.05, 0.1) is 6.04 Å². The maximum atomic E-state index is 13.6. The molecule has 5 nitrogen and oxygen atoms in total. The second-order valence-electron chi connectivity index (χ2n) is 7.23. The van der Waals surface area contributed by atoms with Gasteiger partial charge in [-0.05, 0) is 57.0 Å². The molecule has 0 saturated carbocycles. The number of nitrogens with one attached hydrogen (secondary N) is 1. The van der Waals surface area contributed by atoms with Gasteiger partial charge in [-0.1, -0.05) is 12.1 Å². The topological polar surface area (TPSA) is 40.1 Å². The van der Waals surface area contributed by atoms with E-state index in [9.17, 15) is 4.39 Å². The highest BCUT2D eigenvalue weighted by Crippen LogP contribution is 2.19. The van der Waals surface area contributed by atoms with Crippen LogP contribution in [0.5, 0.6) is 0 Å². The number of ether oxygens (including phenoxy) is 1. The summed E-state index contributed by atoms with van der Waals surface area (Å²) in [6, 6.07) is 6.88. The lowest BCUT2D eigenvalue weighted by Gasteiger charge is -2.29. The largest absolute Gasteiger partial charge is 0.381 e. The molecule has 1 aromatic rings. The Bertz CT molecular complexity index is 579. The van der Waals surface area contributed by atoms with E-state index in [1.165, 1.54) is 6.07 Å². The molecule has 2 rings (SSSR count). The van der Waals surface area contributed by atoms with E-state index in [0.717, 1.165) is 56.5 Å². The molecule has 7 heteroatoms. The molecule has 1 atom stereocenters. The van der Waals surface area contributed by atoms with Crippen molar-refractivity contribution in [3.63, 3.8) is 0 Å². The molecular formula is C20H34FIN4O. The minimum atomic E-state index is -0.202. The van der Waals surface area contributed by atoms with Crippen LogP contribution in [0.15, 0.2) is 29.3 Å². The Hall–Kier alpha value is -0.930.